The van der Waals surface area contributed by atoms with Crippen LogP contribution in [0.1, 0.15) is 0 Å². The summed E-state index contributed by atoms with van der Waals surface area (Å²) in [6.45, 7) is 0. The Morgan fingerprint density at radius 2 is 1.81 bits per heavy atom. The minimum Gasteiger partial charge on any atom is -0.451 e. The SMILES string of the molecule is Fc1c(Br)ccc2c1oc1c(Cl)cccc12. The van der Waals surface area contributed by atoms with Crippen molar-refractivity contribution in [3.05, 3.63) is 45.6 Å². The van der Waals surface area contributed by atoms with Crippen molar-refractivity contribution in [2.24, 2.45) is 0 Å². The van der Waals surface area contributed by atoms with Gasteiger partial charge in [0.15, 0.2) is 17.0 Å². The first-order valence-electron chi connectivity index (χ1n) is 4.63. The molecule has 0 radical (unpaired) electrons. The van der Waals surface area contributed by atoms with Crippen LogP contribution >= 0.6 is 27.5 Å². The summed E-state index contributed by atoms with van der Waals surface area (Å²) in [7, 11) is 0. The van der Waals surface area contributed by atoms with Gasteiger partial charge in [-0.3, -0.25) is 0 Å². The topological polar surface area (TPSA) is 13.1 Å². The van der Waals surface area contributed by atoms with Crippen molar-refractivity contribution < 1.29 is 8.81 Å². The lowest BCUT2D eigenvalue weighted by Gasteiger charge is -1.93. The molecule has 0 bridgehead atoms. The molecule has 2 aromatic carbocycles. The van der Waals surface area contributed by atoms with E-state index in [0.29, 0.717) is 15.1 Å². The number of fused-ring (bicyclic) bond motifs is 3. The van der Waals surface area contributed by atoms with E-state index in [9.17, 15) is 4.39 Å². The molecule has 3 rings (SSSR count). The van der Waals surface area contributed by atoms with Gasteiger partial charge in [0, 0.05) is 10.8 Å². The lowest BCUT2D eigenvalue weighted by atomic mass is 10.1. The Kier molecular flexibility index (Phi) is 2.19. The molecule has 0 saturated carbocycles. The maximum Gasteiger partial charge on any atom is 0.180 e. The van der Waals surface area contributed by atoms with Crippen molar-refractivity contribution in [1.29, 1.82) is 0 Å². The van der Waals surface area contributed by atoms with Crippen molar-refractivity contribution in [3.8, 4) is 0 Å². The van der Waals surface area contributed by atoms with Crippen LogP contribution in [0.4, 0.5) is 4.39 Å². The van der Waals surface area contributed by atoms with Crippen molar-refractivity contribution in [3.63, 3.8) is 0 Å². The van der Waals surface area contributed by atoms with Gasteiger partial charge in [-0.2, -0.15) is 0 Å². The van der Waals surface area contributed by atoms with E-state index in [1.807, 2.05) is 18.2 Å². The summed E-state index contributed by atoms with van der Waals surface area (Å²) in [5, 5.41) is 2.05. The summed E-state index contributed by atoms with van der Waals surface area (Å²) in [4.78, 5) is 0. The van der Waals surface area contributed by atoms with Gasteiger partial charge >= 0.3 is 0 Å². The highest BCUT2D eigenvalue weighted by molar-refractivity contribution is 9.10. The monoisotopic (exact) mass is 298 g/mol. The third kappa shape index (κ3) is 1.28. The van der Waals surface area contributed by atoms with Crippen LogP contribution in [0, 0.1) is 5.82 Å². The van der Waals surface area contributed by atoms with E-state index < -0.39 is 5.82 Å². The molecule has 0 aliphatic carbocycles. The fourth-order valence-corrected chi connectivity index (χ4v) is 2.30. The zero-order chi connectivity index (χ0) is 11.3. The highest BCUT2D eigenvalue weighted by Crippen LogP contribution is 2.36. The first-order chi connectivity index (χ1) is 7.68. The first kappa shape index (κ1) is 10.1. The van der Waals surface area contributed by atoms with Crippen molar-refractivity contribution in [2.45, 2.75) is 0 Å². The quantitative estimate of drug-likeness (QED) is 0.560. The minimum absolute atomic E-state index is 0.234. The summed E-state index contributed by atoms with van der Waals surface area (Å²) < 4.78 is 19.6. The zero-order valence-electron chi connectivity index (χ0n) is 7.93. The number of rotatable bonds is 0. The number of furan rings is 1. The molecule has 80 valence electrons. The number of benzene rings is 2. The van der Waals surface area contributed by atoms with E-state index in [0.717, 1.165) is 10.8 Å². The Labute approximate surface area is 104 Å². The van der Waals surface area contributed by atoms with Gasteiger partial charge in [-0.05, 0) is 34.1 Å². The third-order valence-corrected chi connectivity index (χ3v) is 3.42. The van der Waals surface area contributed by atoms with Gasteiger partial charge in [-0.15, -0.1) is 0 Å². The fourth-order valence-electron chi connectivity index (χ4n) is 1.77. The standard InChI is InChI=1S/C12H5BrClFO/c13-8-5-4-7-6-2-1-3-9(14)11(6)16-12(7)10(8)15/h1-5H. The molecule has 4 heteroatoms. The highest BCUT2D eigenvalue weighted by atomic mass is 79.9. The summed E-state index contributed by atoms with van der Waals surface area (Å²) in [5.74, 6) is -0.398. The molecule has 1 nitrogen and oxygen atoms in total. The maximum atomic E-state index is 13.8. The molecule has 0 fully saturated rings. The van der Waals surface area contributed by atoms with Gasteiger partial charge in [0.25, 0.3) is 0 Å². The number of hydrogen-bond donors (Lipinski definition) is 0. The minimum atomic E-state index is -0.398. The summed E-state index contributed by atoms with van der Waals surface area (Å²) in [5.41, 5.74) is 0.758. The Morgan fingerprint density at radius 3 is 2.62 bits per heavy atom. The van der Waals surface area contributed by atoms with Crippen LogP contribution in [0.25, 0.3) is 21.9 Å². The van der Waals surface area contributed by atoms with Crippen molar-refractivity contribution >= 4 is 49.5 Å². The van der Waals surface area contributed by atoms with E-state index >= 15 is 0 Å². The third-order valence-electron chi connectivity index (χ3n) is 2.51. The number of hydrogen-bond acceptors (Lipinski definition) is 1. The van der Waals surface area contributed by atoms with Crippen LogP contribution in [-0.4, -0.2) is 0 Å². The molecule has 0 unspecified atom stereocenters. The molecule has 3 aromatic rings. The molecule has 0 amide bonds. The van der Waals surface area contributed by atoms with E-state index in [2.05, 4.69) is 15.9 Å². The zero-order valence-corrected chi connectivity index (χ0v) is 10.3. The molecule has 16 heavy (non-hydrogen) atoms. The van der Waals surface area contributed by atoms with Crippen LogP contribution in [0.2, 0.25) is 5.02 Å². The van der Waals surface area contributed by atoms with Crippen LogP contribution in [-0.2, 0) is 0 Å². The molecule has 0 spiro atoms. The number of para-hydroxylation sites is 1. The second-order valence-electron chi connectivity index (χ2n) is 3.46. The fraction of sp³-hybridized carbons (Fsp3) is 0. The number of halogens is 3. The predicted molar refractivity (Wildman–Crippen MR) is 66.4 cm³/mol. The van der Waals surface area contributed by atoms with Gasteiger partial charge in [-0.25, -0.2) is 4.39 Å². The van der Waals surface area contributed by atoms with Crippen molar-refractivity contribution in [2.75, 3.05) is 0 Å². The molecule has 0 aliphatic heterocycles. The van der Waals surface area contributed by atoms with E-state index in [4.69, 9.17) is 16.0 Å². The molecule has 1 heterocycles. The van der Waals surface area contributed by atoms with Crippen LogP contribution in [0.3, 0.4) is 0 Å². The summed E-state index contributed by atoms with van der Waals surface area (Å²) in [6, 6.07) is 8.87. The second kappa shape index (κ2) is 3.47. The molecule has 0 N–H and O–H groups in total. The van der Waals surface area contributed by atoms with Gasteiger partial charge in [-0.1, -0.05) is 23.7 Å². The van der Waals surface area contributed by atoms with Gasteiger partial charge in [0.05, 0.1) is 9.50 Å². The van der Waals surface area contributed by atoms with Crippen LogP contribution in [0.5, 0.6) is 0 Å². The summed E-state index contributed by atoms with van der Waals surface area (Å²) >= 11 is 9.12. The molecule has 0 saturated heterocycles. The van der Waals surface area contributed by atoms with Crippen molar-refractivity contribution in [1.82, 2.24) is 0 Å². The molecular formula is C12H5BrClFO. The van der Waals surface area contributed by atoms with E-state index in [1.165, 1.54) is 0 Å². The molecule has 0 atom stereocenters. The largest absolute Gasteiger partial charge is 0.451 e. The Balaban J connectivity index is 2.60. The molecular weight excluding hydrogens is 294 g/mol. The lowest BCUT2D eigenvalue weighted by molar-refractivity contribution is 0.580. The van der Waals surface area contributed by atoms with E-state index in [-0.39, 0.29) is 5.58 Å². The van der Waals surface area contributed by atoms with Gasteiger partial charge in [0.1, 0.15) is 0 Å². The van der Waals surface area contributed by atoms with Crippen LogP contribution < -0.4 is 0 Å². The van der Waals surface area contributed by atoms with Gasteiger partial charge in [0.2, 0.25) is 0 Å². The maximum absolute atomic E-state index is 13.8. The Bertz CT molecular complexity index is 705. The molecule has 1 aromatic heterocycles. The Morgan fingerprint density at radius 1 is 1.06 bits per heavy atom. The normalized spacial score (nSPS) is 11.4. The lowest BCUT2D eigenvalue weighted by Crippen LogP contribution is -1.76. The van der Waals surface area contributed by atoms with Gasteiger partial charge < -0.3 is 4.42 Å². The average Bonchev–Trinajstić information content (AvgIpc) is 2.65. The first-order valence-corrected chi connectivity index (χ1v) is 5.80. The van der Waals surface area contributed by atoms with Crippen LogP contribution in [0.15, 0.2) is 39.2 Å². The second-order valence-corrected chi connectivity index (χ2v) is 4.72. The molecule has 0 aliphatic rings. The Hall–Kier alpha value is -1.06. The predicted octanol–water partition coefficient (Wildman–Crippen LogP) is 5.14. The van der Waals surface area contributed by atoms with E-state index in [1.54, 1.807) is 12.1 Å². The smallest absolute Gasteiger partial charge is 0.180 e. The average molecular weight is 300 g/mol. The summed E-state index contributed by atoms with van der Waals surface area (Å²) in [6.07, 6.45) is 0. The highest BCUT2D eigenvalue weighted by Gasteiger charge is 2.14.